The molecule has 0 aromatic heterocycles. The molecule has 0 spiro atoms. The first-order chi connectivity index (χ1) is 7.61. The number of phenolic OH excluding ortho intramolecular Hbond substituents is 1. The van der Waals surface area contributed by atoms with Crippen molar-refractivity contribution in [2.75, 3.05) is 0 Å². The van der Waals surface area contributed by atoms with Crippen LogP contribution in [0.3, 0.4) is 0 Å². The van der Waals surface area contributed by atoms with Crippen LogP contribution in [0.4, 0.5) is 0 Å². The molecule has 1 saturated carbocycles. The predicted octanol–water partition coefficient (Wildman–Crippen LogP) is 2.23. The van der Waals surface area contributed by atoms with Crippen LogP contribution in [0.2, 0.25) is 0 Å². The Morgan fingerprint density at radius 2 is 2.31 bits per heavy atom. The van der Waals surface area contributed by atoms with Crippen molar-refractivity contribution in [2.24, 2.45) is 5.92 Å². The number of carbonyl (C=O) groups excluding carboxylic acids is 1. The van der Waals surface area contributed by atoms with Crippen LogP contribution in [0.15, 0.2) is 18.2 Å². The molecule has 1 aromatic carbocycles. The molecule has 0 bridgehead atoms. The molecular weight excluding hydrogens is 202 g/mol. The number of amides is 1. The number of nitrogens with one attached hydrogen (secondary N) is 1. The van der Waals surface area contributed by atoms with E-state index in [1.54, 1.807) is 18.2 Å². The van der Waals surface area contributed by atoms with E-state index >= 15 is 0 Å². The number of carbonyl (C=O) groups is 1. The summed E-state index contributed by atoms with van der Waals surface area (Å²) in [5.74, 6) is 0.826. The molecule has 2 atom stereocenters. The van der Waals surface area contributed by atoms with E-state index < -0.39 is 0 Å². The summed E-state index contributed by atoms with van der Waals surface area (Å²) in [6.07, 6.45) is 2.22. The fraction of sp³-hybridized carbons (Fsp3) is 0.462. The van der Waals surface area contributed by atoms with Crippen LogP contribution in [0.1, 0.15) is 35.7 Å². The first-order valence-corrected chi connectivity index (χ1v) is 5.72. The van der Waals surface area contributed by atoms with E-state index in [0.717, 1.165) is 18.4 Å². The predicted molar refractivity (Wildman–Crippen MR) is 62.5 cm³/mol. The van der Waals surface area contributed by atoms with E-state index in [2.05, 4.69) is 12.2 Å². The van der Waals surface area contributed by atoms with Crippen LogP contribution in [-0.4, -0.2) is 17.1 Å². The number of aromatic hydroxyl groups is 1. The largest absolute Gasteiger partial charge is 0.508 e. The molecule has 16 heavy (non-hydrogen) atoms. The Morgan fingerprint density at radius 3 is 2.88 bits per heavy atom. The van der Waals surface area contributed by atoms with Crippen molar-refractivity contribution in [1.82, 2.24) is 5.32 Å². The van der Waals surface area contributed by atoms with E-state index in [4.69, 9.17) is 0 Å². The number of benzene rings is 1. The Labute approximate surface area is 95.5 Å². The van der Waals surface area contributed by atoms with Crippen LogP contribution >= 0.6 is 0 Å². The lowest BCUT2D eigenvalue weighted by Gasteiger charge is -2.07. The van der Waals surface area contributed by atoms with E-state index in [0.29, 0.717) is 17.5 Å². The van der Waals surface area contributed by atoms with Crippen molar-refractivity contribution < 1.29 is 9.90 Å². The SMILES string of the molecule is CCC1CC1NC(=O)c1ccc(O)cc1C. The van der Waals surface area contributed by atoms with Gasteiger partial charge in [-0.1, -0.05) is 13.3 Å². The molecular formula is C13H17NO2. The molecule has 0 aliphatic heterocycles. The lowest BCUT2D eigenvalue weighted by atomic mass is 10.1. The van der Waals surface area contributed by atoms with Crippen molar-refractivity contribution in [3.05, 3.63) is 29.3 Å². The maximum Gasteiger partial charge on any atom is 0.251 e. The van der Waals surface area contributed by atoms with Crippen LogP contribution in [-0.2, 0) is 0 Å². The summed E-state index contributed by atoms with van der Waals surface area (Å²) in [6, 6.07) is 5.18. The molecule has 0 radical (unpaired) electrons. The maximum atomic E-state index is 11.9. The van der Waals surface area contributed by atoms with Gasteiger partial charge in [-0.15, -0.1) is 0 Å². The van der Waals surface area contributed by atoms with Crippen molar-refractivity contribution in [1.29, 1.82) is 0 Å². The Hall–Kier alpha value is -1.51. The average Bonchev–Trinajstić information content (AvgIpc) is 2.96. The topological polar surface area (TPSA) is 49.3 Å². The van der Waals surface area contributed by atoms with Gasteiger partial charge in [0, 0.05) is 11.6 Å². The second-order valence-electron chi connectivity index (χ2n) is 4.48. The van der Waals surface area contributed by atoms with Crippen molar-refractivity contribution >= 4 is 5.91 Å². The third kappa shape index (κ3) is 2.18. The number of hydrogen-bond donors (Lipinski definition) is 2. The fourth-order valence-electron chi connectivity index (χ4n) is 2.02. The monoisotopic (exact) mass is 219 g/mol. The normalized spacial score (nSPS) is 22.9. The quantitative estimate of drug-likeness (QED) is 0.819. The van der Waals surface area contributed by atoms with E-state index in [1.807, 2.05) is 6.92 Å². The van der Waals surface area contributed by atoms with E-state index in [1.165, 1.54) is 0 Å². The molecule has 1 aliphatic rings. The Balaban J connectivity index is 2.04. The van der Waals surface area contributed by atoms with Gasteiger partial charge < -0.3 is 10.4 Å². The molecule has 1 aliphatic carbocycles. The van der Waals surface area contributed by atoms with Gasteiger partial charge in [-0.3, -0.25) is 4.79 Å². The molecule has 2 rings (SSSR count). The zero-order valence-electron chi connectivity index (χ0n) is 9.66. The maximum absolute atomic E-state index is 11.9. The molecule has 0 saturated heterocycles. The Kier molecular flexibility index (Phi) is 2.86. The standard InChI is InChI=1S/C13H17NO2/c1-3-9-7-12(9)14-13(16)11-5-4-10(15)6-8(11)2/h4-6,9,12,15H,3,7H2,1-2H3,(H,14,16). The number of aryl methyl sites for hydroxylation is 1. The Morgan fingerprint density at radius 1 is 1.56 bits per heavy atom. The zero-order chi connectivity index (χ0) is 11.7. The molecule has 0 heterocycles. The van der Waals surface area contributed by atoms with Crippen LogP contribution in [0.5, 0.6) is 5.75 Å². The highest BCUT2D eigenvalue weighted by atomic mass is 16.3. The minimum atomic E-state index is -0.0292. The average molecular weight is 219 g/mol. The van der Waals surface area contributed by atoms with Crippen LogP contribution in [0.25, 0.3) is 0 Å². The molecule has 1 aromatic rings. The number of hydrogen-bond acceptors (Lipinski definition) is 2. The van der Waals surface area contributed by atoms with Gasteiger partial charge in [-0.2, -0.15) is 0 Å². The summed E-state index contributed by atoms with van der Waals surface area (Å²) < 4.78 is 0. The zero-order valence-corrected chi connectivity index (χ0v) is 9.66. The van der Waals surface area contributed by atoms with Crippen molar-refractivity contribution in [3.8, 4) is 5.75 Å². The molecule has 86 valence electrons. The summed E-state index contributed by atoms with van der Waals surface area (Å²) in [5, 5.41) is 12.3. The van der Waals surface area contributed by atoms with Crippen LogP contribution < -0.4 is 5.32 Å². The van der Waals surface area contributed by atoms with Gasteiger partial charge in [0.2, 0.25) is 0 Å². The smallest absolute Gasteiger partial charge is 0.251 e. The third-order valence-corrected chi connectivity index (χ3v) is 3.22. The first-order valence-electron chi connectivity index (χ1n) is 5.72. The molecule has 1 fully saturated rings. The highest BCUT2D eigenvalue weighted by Crippen LogP contribution is 2.33. The summed E-state index contributed by atoms with van der Waals surface area (Å²) in [5.41, 5.74) is 1.46. The van der Waals surface area contributed by atoms with Gasteiger partial charge in [0.25, 0.3) is 5.91 Å². The lowest BCUT2D eigenvalue weighted by Crippen LogP contribution is -2.27. The number of rotatable bonds is 3. The Bertz CT molecular complexity index is 414. The van der Waals surface area contributed by atoms with E-state index in [9.17, 15) is 9.90 Å². The first kappa shape index (κ1) is 11.0. The van der Waals surface area contributed by atoms with Gasteiger partial charge in [0.1, 0.15) is 5.75 Å². The van der Waals surface area contributed by atoms with Crippen LogP contribution in [0, 0.1) is 12.8 Å². The summed E-state index contributed by atoms with van der Waals surface area (Å²) in [6.45, 7) is 3.97. The minimum Gasteiger partial charge on any atom is -0.508 e. The second kappa shape index (κ2) is 4.16. The lowest BCUT2D eigenvalue weighted by molar-refractivity contribution is 0.0948. The summed E-state index contributed by atoms with van der Waals surface area (Å²) >= 11 is 0. The highest BCUT2D eigenvalue weighted by Gasteiger charge is 2.36. The second-order valence-corrected chi connectivity index (χ2v) is 4.48. The molecule has 1 amide bonds. The van der Waals surface area contributed by atoms with Crippen molar-refractivity contribution in [2.45, 2.75) is 32.7 Å². The van der Waals surface area contributed by atoms with Gasteiger partial charge >= 0.3 is 0 Å². The van der Waals surface area contributed by atoms with E-state index in [-0.39, 0.29) is 11.7 Å². The fourth-order valence-corrected chi connectivity index (χ4v) is 2.02. The number of phenols is 1. The van der Waals surface area contributed by atoms with Gasteiger partial charge in [0.05, 0.1) is 0 Å². The summed E-state index contributed by atoms with van der Waals surface area (Å²) in [4.78, 5) is 11.9. The van der Waals surface area contributed by atoms with Gasteiger partial charge in [0.15, 0.2) is 0 Å². The van der Waals surface area contributed by atoms with Gasteiger partial charge in [-0.25, -0.2) is 0 Å². The summed E-state index contributed by atoms with van der Waals surface area (Å²) in [7, 11) is 0. The molecule has 2 N–H and O–H groups in total. The van der Waals surface area contributed by atoms with Crippen molar-refractivity contribution in [3.63, 3.8) is 0 Å². The minimum absolute atomic E-state index is 0.0292. The molecule has 3 heteroatoms. The molecule has 3 nitrogen and oxygen atoms in total. The molecule has 2 unspecified atom stereocenters. The highest BCUT2D eigenvalue weighted by molar-refractivity contribution is 5.96. The van der Waals surface area contributed by atoms with Gasteiger partial charge in [-0.05, 0) is 43.0 Å². The third-order valence-electron chi connectivity index (χ3n) is 3.22.